The van der Waals surface area contributed by atoms with Crippen LogP contribution in [0.2, 0.25) is 0 Å². The second kappa shape index (κ2) is 13.2. The molecule has 1 atom stereocenters. The van der Waals surface area contributed by atoms with Gasteiger partial charge < -0.3 is 15.1 Å². The lowest BCUT2D eigenvalue weighted by Crippen LogP contribution is -2.56. The Hall–Kier alpha value is -3.49. The third kappa shape index (κ3) is 6.60. The number of hydrogen-bond donors (Lipinski definition) is 1. The number of halogens is 1. The predicted octanol–water partition coefficient (Wildman–Crippen LogP) is 6.15. The fourth-order valence-electron chi connectivity index (χ4n) is 5.97. The van der Waals surface area contributed by atoms with Crippen molar-refractivity contribution in [3.8, 4) is 0 Å². The molecule has 1 N–H and O–H groups in total. The average molecular weight is 632 g/mol. The quantitative estimate of drug-likeness (QED) is 0.273. The van der Waals surface area contributed by atoms with Crippen LogP contribution >= 0.6 is 15.9 Å². The maximum atomic E-state index is 14.1. The highest BCUT2D eigenvalue weighted by molar-refractivity contribution is 9.10. The van der Waals surface area contributed by atoms with Crippen molar-refractivity contribution in [1.29, 1.82) is 0 Å². The van der Waals surface area contributed by atoms with Crippen LogP contribution in [0.5, 0.6) is 0 Å². The lowest BCUT2D eigenvalue weighted by Gasteiger charge is -2.42. The van der Waals surface area contributed by atoms with E-state index in [4.69, 9.17) is 0 Å². The molecule has 2 aliphatic heterocycles. The fourth-order valence-corrected chi connectivity index (χ4v) is 6.23. The first-order valence-corrected chi connectivity index (χ1v) is 15.6. The summed E-state index contributed by atoms with van der Waals surface area (Å²) in [6.07, 6.45) is 1.93. The fraction of sp³-hybridized carbons (Fsp3) is 0.382. The molecule has 42 heavy (non-hydrogen) atoms. The summed E-state index contributed by atoms with van der Waals surface area (Å²) in [5.74, 6) is -0.149. The van der Waals surface area contributed by atoms with Crippen molar-refractivity contribution >= 4 is 33.8 Å². The molecule has 0 unspecified atom stereocenters. The van der Waals surface area contributed by atoms with Gasteiger partial charge in [-0.05, 0) is 48.1 Å². The molecule has 5 rings (SSSR count). The number of nitrogens with zero attached hydrogens (tertiary/aromatic N) is 3. The number of amides is 4. The summed E-state index contributed by atoms with van der Waals surface area (Å²) in [5, 5.41) is 3.22. The third-order valence-corrected chi connectivity index (χ3v) is 9.05. The van der Waals surface area contributed by atoms with E-state index < -0.39 is 5.54 Å². The summed E-state index contributed by atoms with van der Waals surface area (Å²) in [4.78, 5) is 46.1. The van der Waals surface area contributed by atoms with Crippen molar-refractivity contribution in [1.82, 2.24) is 20.0 Å². The topological polar surface area (TPSA) is 73.0 Å². The van der Waals surface area contributed by atoms with Crippen LogP contribution in [0.3, 0.4) is 0 Å². The molecule has 3 aromatic rings. The van der Waals surface area contributed by atoms with E-state index >= 15 is 0 Å². The Balaban J connectivity index is 1.31. The van der Waals surface area contributed by atoms with Crippen LogP contribution in [0.1, 0.15) is 55.8 Å². The first kappa shape index (κ1) is 30.0. The molecular weight excluding hydrogens is 592 g/mol. The van der Waals surface area contributed by atoms with Gasteiger partial charge in [0.15, 0.2) is 0 Å². The summed E-state index contributed by atoms with van der Waals surface area (Å²) in [6.45, 7) is 6.67. The number of nitrogens with one attached hydrogen (secondary N) is 1. The summed E-state index contributed by atoms with van der Waals surface area (Å²) in [6, 6.07) is 27.5. The summed E-state index contributed by atoms with van der Waals surface area (Å²) >= 11 is 3.46. The zero-order valence-electron chi connectivity index (χ0n) is 24.3. The highest BCUT2D eigenvalue weighted by Crippen LogP contribution is 2.39. The smallest absolute Gasteiger partial charge is 0.328 e. The molecule has 0 aliphatic carbocycles. The van der Waals surface area contributed by atoms with Crippen molar-refractivity contribution in [2.24, 2.45) is 5.92 Å². The summed E-state index contributed by atoms with van der Waals surface area (Å²) in [7, 11) is 0. The largest absolute Gasteiger partial charge is 0.349 e. The van der Waals surface area contributed by atoms with Gasteiger partial charge in [-0.3, -0.25) is 14.5 Å². The van der Waals surface area contributed by atoms with Gasteiger partial charge in [0.2, 0.25) is 5.91 Å². The molecule has 0 aromatic heterocycles. The number of urea groups is 1. The van der Waals surface area contributed by atoms with Gasteiger partial charge in [0.05, 0.1) is 12.6 Å². The average Bonchev–Trinajstić information content (AvgIpc) is 3.18. The molecule has 8 heteroatoms. The molecule has 2 aliphatic rings. The monoisotopic (exact) mass is 630 g/mol. The number of carbonyl (C=O) groups excluding carboxylic acids is 3. The second-order valence-electron chi connectivity index (χ2n) is 11.7. The maximum absolute atomic E-state index is 14.1. The van der Waals surface area contributed by atoms with Crippen LogP contribution in [0.25, 0.3) is 0 Å². The van der Waals surface area contributed by atoms with Crippen LogP contribution in [-0.2, 0) is 22.7 Å². The Morgan fingerprint density at radius 2 is 1.45 bits per heavy atom. The zero-order chi connectivity index (χ0) is 29.7. The molecule has 2 saturated heterocycles. The number of hydrogen-bond acceptors (Lipinski definition) is 4. The van der Waals surface area contributed by atoms with E-state index in [1.807, 2.05) is 91.5 Å². The molecule has 0 bridgehead atoms. The van der Waals surface area contributed by atoms with Gasteiger partial charge in [0, 0.05) is 36.6 Å². The lowest BCUT2D eigenvalue weighted by molar-refractivity contribution is -0.136. The summed E-state index contributed by atoms with van der Waals surface area (Å²) < 4.78 is 0.957. The van der Waals surface area contributed by atoms with Crippen LogP contribution in [0.15, 0.2) is 89.4 Å². The second-order valence-corrected chi connectivity index (χ2v) is 12.6. The number of benzene rings is 3. The number of carbonyl (C=O) groups is 3. The third-order valence-electron chi connectivity index (χ3n) is 8.52. The van der Waals surface area contributed by atoms with E-state index in [9.17, 15) is 14.4 Å². The molecule has 220 valence electrons. The van der Waals surface area contributed by atoms with E-state index in [-0.39, 0.29) is 36.3 Å². The van der Waals surface area contributed by atoms with Crippen molar-refractivity contribution in [3.63, 3.8) is 0 Å². The van der Waals surface area contributed by atoms with Crippen LogP contribution in [0.4, 0.5) is 4.79 Å². The van der Waals surface area contributed by atoms with Crippen molar-refractivity contribution in [2.75, 3.05) is 19.6 Å². The van der Waals surface area contributed by atoms with E-state index in [0.29, 0.717) is 32.5 Å². The summed E-state index contributed by atoms with van der Waals surface area (Å²) in [5.41, 5.74) is 2.17. The van der Waals surface area contributed by atoms with Gasteiger partial charge in [-0.25, -0.2) is 4.79 Å². The molecule has 0 radical (unpaired) electrons. The molecule has 2 heterocycles. The molecule has 4 amide bonds. The minimum atomic E-state index is -0.858. The Bertz CT molecular complexity index is 1370. The first-order chi connectivity index (χ1) is 20.3. The Morgan fingerprint density at radius 1 is 0.857 bits per heavy atom. The number of rotatable bonds is 10. The molecular formula is C34H39BrN4O3. The highest BCUT2D eigenvalue weighted by atomic mass is 79.9. The normalized spacial score (nSPS) is 17.7. The van der Waals surface area contributed by atoms with Gasteiger partial charge in [0.25, 0.3) is 5.91 Å². The van der Waals surface area contributed by atoms with Crippen LogP contribution in [0, 0.1) is 5.92 Å². The number of imide groups is 1. The van der Waals surface area contributed by atoms with Crippen LogP contribution < -0.4 is 5.32 Å². The number of piperidine rings is 1. The molecule has 3 aromatic carbocycles. The lowest BCUT2D eigenvalue weighted by atomic mass is 9.85. The van der Waals surface area contributed by atoms with Crippen molar-refractivity contribution in [3.05, 3.63) is 106 Å². The molecule has 0 saturated carbocycles. The van der Waals surface area contributed by atoms with Gasteiger partial charge in [0.1, 0.15) is 5.54 Å². The Labute approximate surface area is 257 Å². The highest BCUT2D eigenvalue weighted by Gasteiger charge is 2.57. The first-order valence-electron chi connectivity index (χ1n) is 14.8. The van der Waals surface area contributed by atoms with Gasteiger partial charge in [-0.2, -0.15) is 0 Å². The minimum absolute atomic E-state index is 0.0407. The van der Waals surface area contributed by atoms with Gasteiger partial charge in [-0.15, -0.1) is 0 Å². The van der Waals surface area contributed by atoms with Crippen molar-refractivity contribution < 1.29 is 14.4 Å². The Kier molecular flexibility index (Phi) is 9.43. The van der Waals surface area contributed by atoms with Gasteiger partial charge >= 0.3 is 6.03 Å². The maximum Gasteiger partial charge on any atom is 0.328 e. The molecule has 1 spiro atoms. The number of likely N-dealkylation sites (tertiary alicyclic amines) is 1. The van der Waals surface area contributed by atoms with E-state index in [2.05, 4.69) is 38.3 Å². The standard InChI is InChI=1S/C34H39BrN4O3/c1-25(2)31(40)36-30(28-11-7-4-8-12-28)17-20-37-21-18-34(19-22-37)32(41)38(23-27-13-15-29(35)16-14-27)33(42)39(34)24-26-9-5-3-6-10-26/h3-16,25,30H,17-24H2,1-2H3,(H,36,40)/t30-/m0/s1. The Morgan fingerprint density at radius 3 is 2.07 bits per heavy atom. The van der Waals surface area contributed by atoms with Crippen LogP contribution in [-0.4, -0.2) is 57.7 Å². The zero-order valence-corrected chi connectivity index (χ0v) is 25.9. The van der Waals surface area contributed by atoms with E-state index in [1.54, 1.807) is 0 Å². The van der Waals surface area contributed by atoms with Crippen molar-refractivity contribution in [2.45, 2.75) is 57.8 Å². The SMILES string of the molecule is CC(C)C(=O)N[C@@H](CCN1CCC2(CC1)C(=O)N(Cc1ccc(Br)cc1)C(=O)N2Cc1ccccc1)c1ccccc1. The van der Waals surface area contributed by atoms with Gasteiger partial charge in [-0.1, -0.05) is 103 Å². The molecule has 7 nitrogen and oxygen atoms in total. The molecule has 2 fully saturated rings. The van der Waals surface area contributed by atoms with E-state index in [0.717, 1.165) is 34.1 Å². The minimum Gasteiger partial charge on any atom is -0.349 e. The predicted molar refractivity (Wildman–Crippen MR) is 167 cm³/mol. The van der Waals surface area contributed by atoms with E-state index in [1.165, 1.54) is 4.90 Å².